The van der Waals surface area contributed by atoms with Crippen LogP contribution in [0.1, 0.15) is 46.4 Å². The fourth-order valence-electron chi connectivity index (χ4n) is 4.46. The van der Waals surface area contributed by atoms with E-state index >= 15 is 0 Å². The molecule has 30 heavy (non-hydrogen) atoms. The Bertz CT molecular complexity index is 897. The van der Waals surface area contributed by atoms with Crippen LogP contribution in [0.3, 0.4) is 0 Å². The lowest BCUT2D eigenvalue weighted by atomic mass is 9.97. The number of carboxylic acids is 1. The molecule has 2 aliphatic heterocycles. The van der Waals surface area contributed by atoms with Gasteiger partial charge in [-0.25, -0.2) is 9.78 Å². The Morgan fingerprint density at radius 1 is 1.10 bits per heavy atom. The van der Waals surface area contributed by atoms with E-state index in [1.807, 2.05) is 6.07 Å². The fraction of sp³-hybridized carbons (Fsp3) is 0.435. The molecule has 2 aromatic rings. The Morgan fingerprint density at radius 3 is 2.60 bits per heavy atom. The fourth-order valence-corrected chi connectivity index (χ4v) is 4.46. The van der Waals surface area contributed by atoms with Crippen molar-refractivity contribution in [3.63, 3.8) is 0 Å². The van der Waals surface area contributed by atoms with Gasteiger partial charge < -0.3 is 20.2 Å². The van der Waals surface area contributed by atoms with Gasteiger partial charge in [-0.1, -0.05) is 18.2 Å². The Morgan fingerprint density at radius 2 is 1.87 bits per heavy atom. The van der Waals surface area contributed by atoms with Gasteiger partial charge in [-0.2, -0.15) is 0 Å². The highest BCUT2D eigenvalue weighted by Crippen LogP contribution is 2.28. The van der Waals surface area contributed by atoms with Gasteiger partial charge in [-0.05, 0) is 62.9 Å². The summed E-state index contributed by atoms with van der Waals surface area (Å²) < 4.78 is 0. The van der Waals surface area contributed by atoms with E-state index in [0.29, 0.717) is 23.0 Å². The minimum atomic E-state index is -1.03. The molecule has 2 fully saturated rings. The number of carboxylic acid groups (broad SMARTS) is 1. The molecule has 158 valence electrons. The summed E-state index contributed by atoms with van der Waals surface area (Å²) >= 11 is 0. The highest BCUT2D eigenvalue weighted by atomic mass is 16.4. The molecule has 2 saturated heterocycles. The predicted molar refractivity (Wildman–Crippen MR) is 116 cm³/mol. The van der Waals surface area contributed by atoms with E-state index in [1.54, 1.807) is 30.5 Å². The van der Waals surface area contributed by atoms with Crippen LogP contribution in [0.15, 0.2) is 42.6 Å². The lowest BCUT2D eigenvalue weighted by Gasteiger charge is -2.36. The number of aromatic nitrogens is 1. The van der Waals surface area contributed by atoms with Crippen LogP contribution in [0, 0.1) is 5.92 Å². The molecule has 0 radical (unpaired) electrons. The molecule has 1 aromatic carbocycles. The maximum Gasteiger partial charge on any atom is 0.339 e. The molecule has 0 bridgehead atoms. The number of nitrogens with one attached hydrogen (secondary N) is 1. The Labute approximate surface area is 176 Å². The van der Waals surface area contributed by atoms with Crippen LogP contribution in [-0.2, 0) is 0 Å². The van der Waals surface area contributed by atoms with E-state index in [0.717, 1.165) is 26.1 Å². The first kappa shape index (κ1) is 20.3. The summed E-state index contributed by atoms with van der Waals surface area (Å²) in [7, 11) is 0. The zero-order chi connectivity index (χ0) is 20.9. The molecule has 2 N–H and O–H groups in total. The number of benzene rings is 1. The van der Waals surface area contributed by atoms with Crippen LogP contribution in [-0.4, -0.2) is 59.6 Å². The van der Waals surface area contributed by atoms with Crippen molar-refractivity contribution in [3.05, 3.63) is 53.7 Å². The van der Waals surface area contributed by atoms with Crippen LogP contribution in [0.5, 0.6) is 0 Å². The number of likely N-dealkylation sites (tertiary alicyclic amines) is 1. The van der Waals surface area contributed by atoms with E-state index < -0.39 is 5.97 Å². The largest absolute Gasteiger partial charge is 0.478 e. The molecule has 1 aromatic heterocycles. The molecular formula is C23H28N4O3. The first-order valence-corrected chi connectivity index (χ1v) is 10.7. The number of nitrogens with zero attached hydrogens (tertiary/aromatic N) is 3. The van der Waals surface area contributed by atoms with Crippen LogP contribution in [0.2, 0.25) is 0 Å². The van der Waals surface area contributed by atoms with Crippen LogP contribution in [0.25, 0.3) is 0 Å². The number of hydrogen-bond donors (Lipinski definition) is 2. The molecule has 4 rings (SSSR count). The first-order valence-electron chi connectivity index (χ1n) is 10.7. The van der Waals surface area contributed by atoms with Crippen LogP contribution < -0.4 is 10.2 Å². The standard InChI is InChI=1S/C23H28N4O3/c28-22(18-8-2-1-3-9-18)25-19-13-20(23(29)30)21(24-14-19)27-12-6-7-17(16-27)15-26-10-4-5-11-26/h1-3,8-9,13-14,17H,4-7,10-12,15-16H2,(H,25,28)(H,29,30)/t17-/m0/s1. The molecule has 7 nitrogen and oxygen atoms in total. The van der Waals surface area contributed by atoms with Crippen LogP contribution in [0.4, 0.5) is 11.5 Å². The zero-order valence-electron chi connectivity index (χ0n) is 17.1. The smallest absolute Gasteiger partial charge is 0.339 e. The summed E-state index contributed by atoms with van der Waals surface area (Å²) in [5.74, 6) is -0.302. The average Bonchev–Trinajstić information content (AvgIpc) is 3.27. The van der Waals surface area contributed by atoms with Crippen molar-refractivity contribution < 1.29 is 14.7 Å². The van der Waals surface area contributed by atoms with Gasteiger partial charge in [0.05, 0.1) is 11.9 Å². The number of rotatable bonds is 6. The van der Waals surface area contributed by atoms with Gasteiger partial charge >= 0.3 is 5.97 Å². The second kappa shape index (κ2) is 9.26. The molecule has 3 heterocycles. The molecule has 2 aliphatic rings. The lowest BCUT2D eigenvalue weighted by Crippen LogP contribution is -2.41. The number of amides is 1. The van der Waals surface area contributed by atoms with E-state index in [2.05, 4.69) is 20.1 Å². The zero-order valence-corrected chi connectivity index (χ0v) is 17.1. The van der Waals surface area contributed by atoms with Crippen molar-refractivity contribution in [1.29, 1.82) is 0 Å². The second-order valence-corrected chi connectivity index (χ2v) is 8.18. The van der Waals surface area contributed by atoms with Gasteiger partial charge in [0.25, 0.3) is 5.91 Å². The Balaban J connectivity index is 1.48. The normalized spacial score (nSPS) is 19.6. The molecular weight excluding hydrogens is 380 g/mol. The SMILES string of the molecule is O=C(Nc1cnc(N2CCC[C@@H](CN3CCCC3)C2)c(C(=O)O)c1)c1ccccc1. The summed E-state index contributed by atoms with van der Waals surface area (Å²) in [6.07, 6.45) is 6.30. The maximum atomic E-state index is 12.4. The molecule has 0 spiro atoms. The Hall–Kier alpha value is -2.93. The third kappa shape index (κ3) is 4.79. The van der Waals surface area contributed by atoms with Crippen molar-refractivity contribution in [2.75, 3.05) is 42.9 Å². The number of carbonyl (C=O) groups excluding carboxylic acids is 1. The van der Waals surface area contributed by atoms with E-state index in [9.17, 15) is 14.7 Å². The highest BCUT2D eigenvalue weighted by molar-refractivity contribution is 6.05. The molecule has 0 unspecified atom stereocenters. The van der Waals surface area contributed by atoms with Crippen LogP contribution >= 0.6 is 0 Å². The van der Waals surface area contributed by atoms with Crippen molar-refractivity contribution in [1.82, 2.24) is 9.88 Å². The number of piperidine rings is 1. The highest BCUT2D eigenvalue weighted by Gasteiger charge is 2.27. The van der Waals surface area contributed by atoms with Crippen molar-refractivity contribution >= 4 is 23.4 Å². The average molecular weight is 409 g/mol. The minimum Gasteiger partial charge on any atom is -0.478 e. The minimum absolute atomic E-state index is 0.127. The summed E-state index contributed by atoms with van der Waals surface area (Å²) in [6.45, 7) is 5.04. The topological polar surface area (TPSA) is 85.8 Å². The summed E-state index contributed by atoms with van der Waals surface area (Å²) in [4.78, 5) is 33.4. The number of carbonyl (C=O) groups is 2. The summed E-state index contributed by atoms with van der Waals surface area (Å²) in [6, 6.07) is 10.3. The van der Waals surface area contributed by atoms with E-state index in [1.165, 1.54) is 38.4 Å². The van der Waals surface area contributed by atoms with E-state index in [4.69, 9.17) is 0 Å². The third-order valence-corrected chi connectivity index (χ3v) is 5.92. The van der Waals surface area contributed by atoms with Gasteiger partial charge in [-0.15, -0.1) is 0 Å². The van der Waals surface area contributed by atoms with Gasteiger partial charge in [0.2, 0.25) is 0 Å². The number of pyridine rings is 1. The van der Waals surface area contributed by atoms with Crippen molar-refractivity contribution in [2.45, 2.75) is 25.7 Å². The van der Waals surface area contributed by atoms with Gasteiger partial charge in [0, 0.05) is 25.2 Å². The second-order valence-electron chi connectivity index (χ2n) is 8.18. The van der Waals surface area contributed by atoms with Gasteiger partial charge in [0.1, 0.15) is 11.4 Å². The number of aromatic carboxylic acids is 1. The number of hydrogen-bond acceptors (Lipinski definition) is 5. The molecule has 1 amide bonds. The van der Waals surface area contributed by atoms with Crippen molar-refractivity contribution in [3.8, 4) is 0 Å². The molecule has 1 atom stereocenters. The molecule has 7 heteroatoms. The summed E-state index contributed by atoms with van der Waals surface area (Å²) in [5, 5.41) is 12.5. The van der Waals surface area contributed by atoms with Gasteiger partial charge in [0.15, 0.2) is 0 Å². The van der Waals surface area contributed by atoms with E-state index in [-0.39, 0.29) is 11.5 Å². The third-order valence-electron chi connectivity index (χ3n) is 5.92. The first-order chi connectivity index (χ1) is 14.6. The maximum absolute atomic E-state index is 12.4. The summed E-state index contributed by atoms with van der Waals surface area (Å²) in [5.41, 5.74) is 1.03. The Kier molecular flexibility index (Phi) is 6.28. The lowest BCUT2D eigenvalue weighted by molar-refractivity contribution is 0.0696. The monoisotopic (exact) mass is 408 g/mol. The van der Waals surface area contributed by atoms with Crippen molar-refractivity contribution in [2.24, 2.45) is 5.92 Å². The molecule has 0 saturated carbocycles. The molecule has 0 aliphatic carbocycles. The predicted octanol–water partition coefficient (Wildman–Crippen LogP) is 3.34. The van der Waals surface area contributed by atoms with Gasteiger partial charge in [-0.3, -0.25) is 4.79 Å². The quantitative estimate of drug-likeness (QED) is 0.762. The number of anilines is 2.